The molecule has 3 nitrogen and oxygen atoms in total. The van der Waals surface area contributed by atoms with Gasteiger partial charge in [-0.25, -0.2) is 4.98 Å². The Morgan fingerprint density at radius 3 is 2.62 bits per heavy atom. The molecule has 1 aliphatic rings. The Balaban J connectivity index is 1.29. The Hall–Kier alpha value is -2.39. The van der Waals surface area contributed by atoms with Gasteiger partial charge in [0.05, 0.1) is 25.2 Å². The minimum absolute atomic E-state index is 0.587. The van der Waals surface area contributed by atoms with Crippen molar-refractivity contribution in [2.75, 3.05) is 6.61 Å². The highest BCUT2D eigenvalue weighted by Gasteiger charge is 2.20. The number of rotatable bonds is 5. The van der Waals surface area contributed by atoms with Gasteiger partial charge < -0.3 is 9.72 Å². The molecule has 3 aromatic rings. The first kappa shape index (κ1) is 15.2. The number of H-pyrrole nitrogens is 1. The van der Waals surface area contributed by atoms with E-state index in [4.69, 9.17) is 4.74 Å². The number of aromatic amines is 1. The van der Waals surface area contributed by atoms with Crippen LogP contribution in [0.3, 0.4) is 0 Å². The molecule has 1 aromatic heterocycles. The first-order chi connectivity index (χ1) is 11.9. The molecular weight excluding hydrogens is 296 g/mol. The number of fused-ring (bicyclic) bond motifs is 1. The minimum atomic E-state index is 0.587. The van der Waals surface area contributed by atoms with Gasteiger partial charge in [0.1, 0.15) is 0 Å². The SMILES string of the molecule is c1ccc(-c2ccc(COCC3CCc4[nH]cnc4C3)cc2)cc1. The highest BCUT2D eigenvalue weighted by atomic mass is 16.5. The molecule has 0 saturated carbocycles. The van der Waals surface area contributed by atoms with E-state index in [2.05, 4.69) is 58.5 Å². The van der Waals surface area contributed by atoms with E-state index in [9.17, 15) is 0 Å². The normalized spacial score (nSPS) is 16.8. The summed E-state index contributed by atoms with van der Waals surface area (Å²) in [5, 5.41) is 0. The van der Waals surface area contributed by atoms with Crippen LogP contribution in [0.5, 0.6) is 0 Å². The van der Waals surface area contributed by atoms with Gasteiger partial charge in [0.25, 0.3) is 0 Å². The van der Waals surface area contributed by atoms with Crippen molar-refractivity contribution in [3.8, 4) is 11.1 Å². The third kappa shape index (κ3) is 3.41. The van der Waals surface area contributed by atoms with Crippen LogP contribution in [0.1, 0.15) is 23.4 Å². The first-order valence-corrected chi connectivity index (χ1v) is 8.62. The van der Waals surface area contributed by atoms with Gasteiger partial charge in [0.15, 0.2) is 0 Å². The van der Waals surface area contributed by atoms with Crippen molar-refractivity contribution in [3.63, 3.8) is 0 Å². The Bertz CT molecular complexity index is 777. The Morgan fingerprint density at radius 2 is 1.79 bits per heavy atom. The number of nitrogens with one attached hydrogen (secondary N) is 1. The molecule has 1 aliphatic carbocycles. The summed E-state index contributed by atoms with van der Waals surface area (Å²) in [5.41, 5.74) is 6.26. The van der Waals surface area contributed by atoms with E-state index in [0.29, 0.717) is 12.5 Å². The smallest absolute Gasteiger partial charge is 0.0925 e. The van der Waals surface area contributed by atoms with Gasteiger partial charge in [-0.15, -0.1) is 0 Å². The third-order valence-corrected chi connectivity index (χ3v) is 4.78. The summed E-state index contributed by atoms with van der Waals surface area (Å²) in [6, 6.07) is 19.1. The molecule has 0 aliphatic heterocycles. The average Bonchev–Trinajstić information content (AvgIpc) is 3.11. The van der Waals surface area contributed by atoms with Crippen LogP contribution in [0.25, 0.3) is 11.1 Å². The van der Waals surface area contributed by atoms with Crippen LogP contribution in [0, 0.1) is 5.92 Å². The highest BCUT2D eigenvalue weighted by Crippen LogP contribution is 2.24. The number of imidazole rings is 1. The van der Waals surface area contributed by atoms with Gasteiger partial charge in [-0.1, -0.05) is 54.6 Å². The zero-order valence-electron chi connectivity index (χ0n) is 13.7. The quantitative estimate of drug-likeness (QED) is 0.757. The second kappa shape index (κ2) is 7.02. The van der Waals surface area contributed by atoms with Crippen LogP contribution in [0.2, 0.25) is 0 Å². The number of ether oxygens (including phenoxy) is 1. The van der Waals surface area contributed by atoms with E-state index in [1.54, 1.807) is 0 Å². The second-order valence-corrected chi connectivity index (χ2v) is 6.51. The maximum atomic E-state index is 5.96. The molecule has 0 spiro atoms. The summed E-state index contributed by atoms with van der Waals surface area (Å²) in [5.74, 6) is 0.587. The van der Waals surface area contributed by atoms with E-state index in [1.165, 1.54) is 34.5 Å². The third-order valence-electron chi connectivity index (χ3n) is 4.78. The van der Waals surface area contributed by atoms with Crippen LogP contribution in [0.4, 0.5) is 0 Å². The standard InChI is InChI=1S/C21H22N2O/c1-2-4-18(5-3-1)19-9-6-16(7-10-19)13-24-14-17-8-11-20-21(12-17)23-15-22-20/h1-7,9-10,15,17H,8,11-14H2,(H,22,23). The molecule has 4 rings (SSSR count). The zero-order chi connectivity index (χ0) is 16.2. The van der Waals surface area contributed by atoms with Gasteiger partial charge in [-0.05, 0) is 41.9 Å². The second-order valence-electron chi connectivity index (χ2n) is 6.51. The highest BCUT2D eigenvalue weighted by molar-refractivity contribution is 5.63. The lowest BCUT2D eigenvalue weighted by Gasteiger charge is -2.21. The summed E-state index contributed by atoms with van der Waals surface area (Å²) in [7, 11) is 0. The van der Waals surface area contributed by atoms with Crippen LogP contribution >= 0.6 is 0 Å². The van der Waals surface area contributed by atoms with E-state index in [1.807, 2.05) is 12.4 Å². The molecule has 0 saturated heterocycles. The van der Waals surface area contributed by atoms with E-state index in [0.717, 1.165) is 19.4 Å². The fraction of sp³-hybridized carbons (Fsp3) is 0.286. The molecule has 2 aromatic carbocycles. The van der Waals surface area contributed by atoms with Crippen molar-refractivity contribution >= 4 is 0 Å². The Kier molecular flexibility index (Phi) is 4.43. The fourth-order valence-corrected chi connectivity index (χ4v) is 3.38. The van der Waals surface area contributed by atoms with Gasteiger partial charge in [0.2, 0.25) is 0 Å². The molecule has 0 fully saturated rings. The number of hydrogen-bond acceptors (Lipinski definition) is 2. The Labute approximate surface area is 142 Å². The molecule has 122 valence electrons. The topological polar surface area (TPSA) is 37.9 Å². The van der Waals surface area contributed by atoms with Crippen LogP contribution in [0.15, 0.2) is 60.9 Å². The fourth-order valence-electron chi connectivity index (χ4n) is 3.38. The maximum Gasteiger partial charge on any atom is 0.0925 e. The Morgan fingerprint density at radius 1 is 1.00 bits per heavy atom. The van der Waals surface area contributed by atoms with Crippen molar-refractivity contribution < 1.29 is 4.74 Å². The number of aromatic nitrogens is 2. The predicted molar refractivity (Wildman–Crippen MR) is 95.6 cm³/mol. The van der Waals surface area contributed by atoms with Crippen LogP contribution < -0.4 is 0 Å². The van der Waals surface area contributed by atoms with Crippen molar-refractivity contribution in [2.24, 2.45) is 5.92 Å². The molecule has 0 amide bonds. The van der Waals surface area contributed by atoms with Crippen LogP contribution in [-0.4, -0.2) is 16.6 Å². The van der Waals surface area contributed by atoms with Gasteiger partial charge >= 0.3 is 0 Å². The lowest BCUT2D eigenvalue weighted by molar-refractivity contribution is 0.0819. The molecule has 3 heteroatoms. The minimum Gasteiger partial charge on any atom is -0.376 e. The van der Waals surface area contributed by atoms with Crippen molar-refractivity contribution in [2.45, 2.75) is 25.9 Å². The number of hydrogen-bond donors (Lipinski definition) is 1. The predicted octanol–water partition coefficient (Wildman–Crippen LogP) is 4.40. The number of benzene rings is 2. The molecule has 0 radical (unpaired) electrons. The van der Waals surface area contributed by atoms with Crippen LogP contribution in [-0.2, 0) is 24.2 Å². The van der Waals surface area contributed by atoms with Gasteiger partial charge in [0, 0.05) is 5.69 Å². The monoisotopic (exact) mass is 318 g/mol. The van der Waals surface area contributed by atoms with Crippen molar-refractivity contribution in [1.82, 2.24) is 9.97 Å². The molecule has 24 heavy (non-hydrogen) atoms. The lowest BCUT2D eigenvalue weighted by atomic mass is 9.90. The zero-order valence-corrected chi connectivity index (χ0v) is 13.7. The molecule has 1 heterocycles. The van der Waals surface area contributed by atoms with Crippen molar-refractivity contribution in [3.05, 3.63) is 77.9 Å². The van der Waals surface area contributed by atoms with E-state index in [-0.39, 0.29) is 0 Å². The summed E-state index contributed by atoms with van der Waals surface area (Å²) in [6.07, 6.45) is 5.12. The summed E-state index contributed by atoms with van der Waals surface area (Å²) in [4.78, 5) is 7.63. The molecular formula is C21H22N2O. The molecule has 0 bridgehead atoms. The number of nitrogens with zero attached hydrogens (tertiary/aromatic N) is 1. The molecule has 1 atom stereocenters. The maximum absolute atomic E-state index is 5.96. The summed E-state index contributed by atoms with van der Waals surface area (Å²) < 4.78 is 5.96. The summed E-state index contributed by atoms with van der Waals surface area (Å²) >= 11 is 0. The first-order valence-electron chi connectivity index (χ1n) is 8.62. The van der Waals surface area contributed by atoms with E-state index >= 15 is 0 Å². The molecule has 1 N–H and O–H groups in total. The number of aryl methyl sites for hydroxylation is 1. The van der Waals surface area contributed by atoms with Crippen molar-refractivity contribution in [1.29, 1.82) is 0 Å². The van der Waals surface area contributed by atoms with Gasteiger partial charge in [-0.3, -0.25) is 0 Å². The lowest BCUT2D eigenvalue weighted by Crippen LogP contribution is -2.19. The molecule has 1 unspecified atom stereocenters. The van der Waals surface area contributed by atoms with Gasteiger partial charge in [-0.2, -0.15) is 0 Å². The largest absolute Gasteiger partial charge is 0.376 e. The van der Waals surface area contributed by atoms with E-state index < -0.39 is 0 Å². The average molecular weight is 318 g/mol. The summed E-state index contributed by atoms with van der Waals surface area (Å²) in [6.45, 7) is 1.49.